The summed E-state index contributed by atoms with van der Waals surface area (Å²) < 4.78 is 7.34. The van der Waals surface area contributed by atoms with Gasteiger partial charge in [-0.3, -0.25) is 0 Å². The third-order valence-corrected chi connectivity index (χ3v) is 2.66. The number of hydrogen-bond donors (Lipinski definition) is 1. The van der Waals surface area contributed by atoms with Crippen molar-refractivity contribution in [3.8, 4) is 5.75 Å². The first-order chi connectivity index (χ1) is 8.20. The van der Waals surface area contributed by atoms with Gasteiger partial charge in [-0.05, 0) is 19.1 Å². The van der Waals surface area contributed by atoms with E-state index in [9.17, 15) is 0 Å². The average molecular weight is 253 g/mol. The molecule has 0 saturated heterocycles. The number of nitrogens with two attached hydrogens (primary N) is 1. The van der Waals surface area contributed by atoms with Crippen LogP contribution in [0.2, 0.25) is 5.02 Å². The molecular formula is C11H13ClN4O. The molecule has 0 atom stereocenters. The third-order valence-electron chi connectivity index (χ3n) is 2.34. The smallest absolute Gasteiger partial charge is 0.164 e. The van der Waals surface area contributed by atoms with E-state index in [1.807, 2.05) is 6.92 Å². The Balaban J connectivity index is 2.05. The van der Waals surface area contributed by atoms with E-state index in [1.54, 1.807) is 22.9 Å². The molecule has 0 fully saturated rings. The predicted molar refractivity (Wildman–Crippen MR) is 65.9 cm³/mol. The van der Waals surface area contributed by atoms with E-state index in [0.29, 0.717) is 23.1 Å². The molecule has 0 radical (unpaired) electrons. The van der Waals surface area contributed by atoms with Gasteiger partial charge in [0.15, 0.2) is 5.82 Å². The van der Waals surface area contributed by atoms with Gasteiger partial charge in [0.25, 0.3) is 0 Å². The van der Waals surface area contributed by atoms with Crippen molar-refractivity contribution in [3.63, 3.8) is 0 Å². The molecule has 5 nitrogen and oxygen atoms in total. The normalized spacial score (nSPS) is 10.5. The quantitative estimate of drug-likeness (QED) is 0.847. The number of anilines is 1. The summed E-state index contributed by atoms with van der Waals surface area (Å²) in [4.78, 5) is 4.11. The fourth-order valence-electron chi connectivity index (χ4n) is 1.41. The summed E-state index contributed by atoms with van der Waals surface area (Å²) in [6.45, 7) is 3.12. The van der Waals surface area contributed by atoms with Crippen LogP contribution in [-0.2, 0) is 13.2 Å². The summed E-state index contributed by atoms with van der Waals surface area (Å²) in [6.07, 6.45) is 1.51. The largest absolute Gasteiger partial charge is 0.486 e. The van der Waals surface area contributed by atoms with Crippen LogP contribution >= 0.6 is 11.6 Å². The molecule has 0 spiro atoms. The highest BCUT2D eigenvalue weighted by atomic mass is 35.5. The summed E-state index contributed by atoms with van der Waals surface area (Å²) in [5.74, 6) is 1.44. The SMILES string of the molecule is CCn1ncnc1COc1ccc(N)c(Cl)c1. The second-order valence-electron chi connectivity index (χ2n) is 3.46. The summed E-state index contributed by atoms with van der Waals surface area (Å²) >= 11 is 5.89. The molecule has 0 unspecified atom stereocenters. The molecule has 1 aromatic carbocycles. The van der Waals surface area contributed by atoms with Crippen LogP contribution in [0.1, 0.15) is 12.7 Å². The minimum atomic E-state index is 0.355. The number of ether oxygens (including phenoxy) is 1. The first-order valence-electron chi connectivity index (χ1n) is 5.25. The predicted octanol–water partition coefficient (Wildman–Crippen LogP) is 2.11. The Kier molecular flexibility index (Phi) is 3.49. The van der Waals surface area contributed by atoms with Gasteiger partial charge in [-0.15, -0.1) is 0 Å². The highest BCUT2D eigenvalue weighted by molar-refractivity contribution is 6.33. The van der Waals surface area contributed by atoms with E-state index in [4.69, 9.17) is 22.1 Å². The maximum absolute atomic E-state index is 5.89. The molecule has 1 aromatic heterocycles. The maximum atomic E-state index is 5.89. The summed E-state index contributed by atoms with van der Waals surface area (Å²) in [5.41, 5.74) is 6.15. The molecule has 0 aliphatic heterocycles. The molecule has 1 heterocycles. The molecule has 0 saturated carbocycles. The Morgan fingerprint density at radius 2 is 2.29 bits per heavy atom. The van der Waals surface area contributed by atoms with Crippen LogP contribution in [0, 0.1) is 0 Å². The molecule has 0 aliphatic carbocycles. The second kappa shape index (κ2) is 5.05. The molecule has 0 amide bonds. The van der Waals surface area contributed by atoms with Crippen LogP contribution in [-0.4, -0.2) is 14.8 Å². The van der Waals surface area contributed by atoms with Crippen molar-refractivity contribution in [1.29, 1.82) is 0 Å². The van der Waals surface area contributed by atoms with Gasteiger partial charge in [0, 0.05) is 12.6 Å². The molecule has 17 heavy (non-hydrogen) atoms. The van der Waals surface area contributed by atoms with Crippen molar-refractivity contribution in [3.05, 3.63) is 35.4 Å². The topological polar surface area (TPSA) is 66.0 Å². The lowest BCUT2D eigenvalue weighted by Crippen LogP contribution is -2.07. The molecule has 2 rings (SSSR count). The zero-order valence-electron chi connectivity index (χ0n) is 9.43. The van der Waals surface area contributed by atoms with Crippen LogP contribution in [0.15, 0.2) is 24.5 Å². The lowest BCUT2D eigenvalue weighted by molar-refractivity contribution is 0.287. The zero-order chi connectivity index (χ0) is 12.3. The molecule has 2 aromatic rings. The number of hydrogen-bond acceptors (Lipinski definition) is 4. The highest BCUT2D eigenvalue weighted by Crippen LogP contribution is 2.24. The second-order valence-corrected chi connectivity index (χ2v) is 3.87. The van der Waals surface area contributed by atoms with Crippen molar-refractivity contribution in [1.82, 2.24) is 14.8 Å². The van der Waals surface area contributed by atoms with E-state index >= 15 is 0 Å². The first-order valence-corrected chi connectivity index (χ1v) is 5.63. The molecule has 0 aliphatic rings. The van der Waals surface area contributed by atoms with Crippen molar-refractivity contribution in [2.24, 2.45) is 0 Å². The van der Waals surface area contributed by atoms with Crippen molar-refractivity contribution in [2.75, 3.05) is 5.73 Å². The average Bonchev–Trinajstić information content (AvgIpc) is 2.78. The Labute approximate surface area is 104 Å². The van der Waals surface area contributed by atoms with Gasteiger partial charge in [-0.25, -0.2) is 9.67 Å². The lowest BCUT2D eigenvalue weighted by atomic mass is 10.3. The Morgan fingerprint density at radius 1 is 1.47 bits per heavy atom. The number of nitrogen functional groups attached to an aromatic ring is 1. The van der Waals surface area contributed by atoms with Crippen LogP contribution in [0.25, 0.3) is 0 Å². The number of halogens is 1. The molecule has 2 N–H and O–H groups in total. The van der Waals surface area contributed by atoms with E-state index < -0.39 is 0 Å². The summed E-state index contributed by atoms with van der Waals surface area (Å²) in [5, 5.41) is 4.54. The number of aromatic nitrogens is 3. The van der Waals surface area contributed by atoms with Crippen LogP contribution in [0.4, 0.5) is 5.69 Å². The Morgan fingerprint density at radius 3 is 3.00 bits per heavy atom. The number of benzene rings is 1. The molecule has 6 heteroatoms. The van der Waals surface area contributed by atoms with Gasteiger partial charge in [-0.1, -0.05) is 11.6 Å². The monoisotopic (exact) mass is 252 g/mol. The minimum absolute atomic E-state index is 0.355. The fourth-order valence-corrected chi connectivity index (χ4v) is 1.58. The molecule has 90 valence electrons. The Hall–Kier alpha value is -1.75. The van der Waals surface area contributed by atoms with Crippen LogP contribution in [0.3, 0.4) is 0 Å². The fraction of sp³-hybridized carbons (Fsp3) is 0.273. The number of aryl methyl sites for hydroxylation is 1. The highest BCUT2D eigenvalue weighted by Gasteiger charge is 2.04. The lowest BCUT2D eigenvalue weighted by Gasteiger charge is -2.07. The van der Waals surface area contributed by atoms with E-state index in [1.165, 1.54) is 6.33 Å². The minimum Gasteiger partial charge on any atom is -0.486 e. The van der Waals surface area contributed by atoms with Crippen LogP contribution < -0.4 is 10.5 Å². The zero-order valence-corrected chi connectivity index (χ0v) is 10.2. The van der Waals surface area contributed by atoms with Crippen molar-refractivity contribution in [2.45, 2.75) is 20.1 Å². The Bertz CT molecular complexity index is 512. The van der Waals surface area contributed by atoms with Crippen molar-refractivity contribution < 1.29 is 4.74 Å². The van der Waals surface area contributed by atoms with Gasteiger partial charge in [0.05, 0.1) is 10.7 Å². The van der Waals surface area contributed by atoms with Crippen LogP contribution in [0.5, 0.6) is 5.75 Å². The van der Waals surface area contributed by atoms with Gasteiger partial charge in [0.2, 0.25) is 0 Å². The summed E-state index contributed by atoms with van der Waals surface area (Å²) in [7, 11) is 0. The van der Waals surface area contributed by atoms with Gasteiger partial charge >= 0.3 is 0 Å². The van der Waals surface area contributed by atoms with E-state index in [0.717, 1.165) is 12.4 Å². The third kappa shape index (κ3) is 2.68. The maximum Gasteiger partial charge on any atom is 0.164 e. The molecular weight excluding hydrogens is 240 g/mol. The van der Waals surface area contributed by atoms with E-state index in [2.05, 4.69) is 10.1 Å². The standard InChI is InChI=1S/C11H13ClN4O/c1-2-16-11(14-7-15-16)6-17-8-3-4-10(13)9(12)5-8/h3-5,7H,2,6,13H2,1H3. The van der Waals surface area contributed by atoms with Gasteiger partial charge in [0.1, 0.15) is 18.7 Å². The summed E-state index contributed by atoms with van der Waals surface area (Å²) in [6, 6.07) is 5.17. The van der Waals surface area contributed by atoms with Gasteiger partial charge in [-0.2, -0.15) is 5.10 Å². The van der Waals surface area contributed by atoms with E-state index in [-0.39, 0.29) is 0 Å². The van der Waals surface area contributed by atoms with Crippen molar-refractivity contribution >= 4 is 17.3 Å². The number of rotatable bonds is 4. The number of nitrogens with zero attached hydrogens (tertiary/aromatic N) is 3. The van der Waals surface area contributed by atoms with Gasteiger partial charge < -0.3 is 10.5 Å². The first kappa shape index (κ1) is 11.7. The molecule has 0 bridgehead atoms.